The molecule has 2 heterocycles. The molecule has 0 saturated heterocycles. The monoisotopic (exact) mass is 410 g/mol. The molecule has 0 spiro atoms. The normalized spacial score (nSPS) is 16.5. The van der Waals surface area contributed by atoms with Crippen molar-refractivity contribution < 1.29 is 22.0 Å². The van der Waals surface area contributed by atoms with Crippen LogP contribution in [0.5, 0.6) is 0 Å². The van der Waals surface area contributed by atoms with Gasteiger partial charge in [-0.3, -0.25) is 4.79 Å². The lowest BCUT2D eigenvalue weighted by molar-refractivity contribution is 0.101. The van der Waals surface area contributed by atoms with Crippen molar-refractivity contribution in [1.29, 1.82) is 0 Å². The largest absolute Gasteiger partial charge is 0.345 e. The summed E-state index contributed by atoms with van der Waals surface area (Å²) in [5, 5.41) is 4.03. The number of nitrogens with one attached hydrogen (secondary N) is 2. The Morgan fingerprint density at radius 3 is 2.61 bits per heavy atom. The van der Waals surface area contributed by atoms with Gasteiger partial charge in [-0.15, -0.1) is 4.83 Å². The second kappa shape index (κ2) is 7.46. The average Bonchev–Trinajstić information content (AvgIpc) is 2.93. The molecule has 150 valence electrons. The minimum absolute atomic E-state index is 0.0490. The standard InChI is InChI=1S/C18H20F2N4O3S/c1-11(2)24-8-4-5-13-16(28(26,27)22-24)10-23(3)17(13)18(25)21-12-6-7-14(19)15(20)9-12/h4-7,9-11,22H,8H2,1-3H3,(H,21,25). The molecule has 2 N–H and O–H groups in total. The number of hydrogen-bond acceptors (Lipinski definition) is 4. The Morgan fingerprint density at radius 1 is 1.25 bits per heavy atom. The molecule has 0 bridgehead atoms. The summed E-state index contributed by atoms with van der Waals surface area (Å²) in [6.45, 7) is 4.02. The van der Waals surface area contributed by atoms with Crippen LogP contribution in [0.25, 0.3) is 6.08 Å². The van der Waals surface area contributed by atoms with Gasteiger partial charge < -0.3 is 9.88 Å². The van der Waals surface area contributed by atoms with Crippen LogP contribution in [0.1, 0.15) is 29.9 Å². The molecule has 0 fully saturated rings. The molecule has 1 aromatic heterocycles. The molecule has 1 aromatic carbocycles. The first kappa shape index (κ1) is 20.2. The highest BCUT2D eigenvalue weighted by molar-refractivity contribution is 7.89. The predicted molar refractivity (Wildman–Crippen MR) is 101 cm³/mol. The van der Waals surface area contributed by atoms with E-state index in [2.05, 4.69) is 10.1 Å². The number of fused-ring (bicyclic) bond motifs is 1. The van der Waals surface area contributed by atoms with E-state index in [1.807, 2.05) is 13.8 Å². The van der Waals surface area contributed by atoms with Gasteiger partial charge in [0.2, 0.25) is 0 Å². The summed E-state index contributed by atoms with van der Waals surface area (Å²) in [5.74, 6) is -2.77. The summed E-state index contributed by atoms with van der Waals surface area (Å²) in [5.41, 5.74) is 0.360. The van der Waals surface area contributed by atoms with Gasteiger partial charge in [0.15, 0.2) is 11.6 Å². The third-order valence-corrected chi connectivity index (χ3v) is 5.69. The van der Waals surface area contributed by atoms with Crippen LogP contribution in [0, 0.1) is 11.6 Å². The third kappa shape index (κ3) is 3.84. The molecule has 0 saturated carbocycles. The molecule has 1 aliphatic rings. The minimum atomic E-state index is -3.90. The summed E-state index contributed by atoms with van der Waals surface area (Å²) < 4.78 is 53.4. The number of carbonyl (C=O) groups excluding carboxylic acids is 1. The van der Waals surface area contributed by atoms with E-state index in [0.29, 0.717) is 6.54 Å². The molecule has 0 aliphatic carbocycles. The molecular formula is C18H20F2N4O3S. The number of aromatic nitrogens is 1. The van der Waals surface area contributed by atoms with Crippen molar-refractivity contribution in [2.24, 2.45) is 7.05 Å². The van der Waals surface area contributed by atoms with Crippen LogP contribution in [0.4, 0.5) is 14.5 Å². The Hall–Kier alpha value is -2.56. The Labute approximate surface area is 161 Å². The second-order valence-corrected chi connectivity index (χ2v) is 8.32. The van der Waals surface area contributed by atoms with Gasteiger partial charge in [-0.25, -0.2) is 22.2 Å². The molecule has 0 unspecified atom stereocenters. The lowest BCUT2D eigenvalue weighted by Gasteiger charge is -2.26. The zero-order chi connectivity index (χ0) is 20.6. The maximum absolute atomic E-state index is 13.4. The number of carbonyl (C=O) groups is 1. The van der Waals surface area contributed by atoms with E-state index in [4.69, 9.17) is 0 Å². The van der Waals surface area contributed by atoms with Gasteiger partial charge in [-0.1, -0.05) is 12.2 Å². The number of halogens is 2. The van der Waals surface area contributed by atoms with Crippen LogP contribution >= 0.6 is 0 Å². The number of rotatable bonds is 3. The fraction of sp³-hybridized carbons (Fsp3) is 0.278. The van der Waals surface area contributed by atoms with Crippen LogP contribution in [0.2, 0.25) is 0 Å². The van der Waals surface area contributed by atoms with Crippen molar-refractivity contribution in [1.82, 2.24) is 14.4 Å². The van der Waals surface area contributed by atoms with E-state index in [-0.39, 0.29) is 27.9 Å². The van der Waals surface area contributed by atoms with Gasteiger partial charge in [0.25, 0.3) is 15.9 Å². The van der Waals surface area contributed by atoms with Crippen LogP contribution in [-0.4, -0.2) is 36.5 Å². The molecule has 1 aliphatic heterocycles. The molecule has 0 atom stereocenters. The molecule has 28 heavy (non-hydrogen) atoms. The number of anilines is 1. The summed E-state index contributed by atoms with van der Waals surface area (Å²) in [6, 6.07) is 2.91. The van der Waals surface area contributed by atoms with Gasteiger partial charge in [0.1, 0.15) is 10.6 Å². The van der Waals surface area contributed by atoms with Crippen LogP contribution < -0.4 is 10.1 Å². The summed E-state index contributed by atoms with van der Waals surface area (Å²) >= 11 is 0. The number of sulfonamides is 1. The van der Waals surface area contributed by atoms with Crippen LogP contribution in [0.15, 0.2) is 35.4 Å². The molecule has 10 heteroatoms. The maximum Gasteiger partial charge on any atom is 0.272 e. The van der Waals surface area contributed by atoms with Gasteiger partial charge in [0.05, 0.1) is 0 Å². The topological polar surface area (TPSA) is 83.4 Å². The van der Waals surface area contributed by atoms with Crippen molar-refractivity contribution in [2.75, 3.05) is 11.9 Å². The van der Waals surface area contributed by atoms with Gasteiger partial charge in [0, 0.05) is 43.1 Å². The smallest absolute Gasteiger partial charge is 0.272 e. The fourth-order valence-corrected chi connectivity index (χ4v) is 4.32. The van der Waals surface area contributed by atoms with E-state index >= 15 is 0 Å². The van der Waals surface area contributed by atoms with Crippen molar-refractivity contribution in [3.05, 3.63) is 53.4 Å². The number of amides is 1. The first-order valence-corrected chi connectivity index (χ1v) is 10.00. The quantitative estimate of drug-likeness (QED) is 0.815. The van der Waals surface area contributed by atoms with E-state index < -0.39 is 27.6 Å². The van der Waals surface area contributed by atoms with Crippen molar-refractivity contribution >= 4 is 27.7 Å². The molecule has 1 amide bonds. The number of aryl methyl sites for hydroxylation is 1. The van der Waals surface area contributed by atoms with Crippen molar-refractivity contribution in [2.45, 2.75) is 24.8 Å². The molecule has 0 radical (unpaired) electrons. The number of benzene rings is 1. The highest BCUT2D eigenvalue weighted by Gasteiger charge is 2.30. The lowest BCUT2D eigenvalue weighted by Crippen LogP contribution is -2.46. The van der Waals surface area contributed by atoms with E-state index in [1.54, 1.807) is 17.2 Å². The number of hydrazine groups is 1. The molecular weight excluding hydrogens is 390 g/mol. The minimum Gasteiger partial charge on any atom is -0.345 e. The van der Waals surface area contributed by atoms with Crippen LogP contribution in [-0.2, 0) is 17.1 Å². The van der Waals surface area contributed by atoms with E-state index in [0.717, 1.165) is 12.1 Å². The number of nitrogens with zero attached hydrogens (tertiary/aromatic N) is 2. The van der Waals surface area contributed by atoms with Crippen LogP contribution in [0.3, 0.4) is 0 Å². The van der Waals surface area contributed by atoms with Gasteiger partial charge >= 0.3 is 0 Å². The van der Waals surface area contributed by atoms with Gasteiger partial charge in [-0.2, -0.15) is 0 Å². The van der Waals surface area contributed by atoms with E-state index in [1.165, 1.54) is 23.9 Å². The first-order valence-electron chi connectivity index (χ1n) is 8.51. The summed E-state index contributed by atoms with van der Waals surface area (Å²) in [7, 11) is -2.37. The third-order valence-electron chi connectivity index (χ3n) is 4.31. The number of hydrogen-bond donors (Lipinski definition) is 2. The lowest BCUT2D eigenvalue weighted by atomic mass is 10.2. The average molecular weight is 410 g/mol. The van der Waals surface area contributed by atoms with Gasteiger partial charge in [-0.05, 0) is 26.0 Å². The SMILES string of the molecule is CC(C)N1CC=Cc2c(cn(C)c2C(=O)Nc2ccc(F)c(F)c2)S(=O)(=O)N1. The Balaban J connectivity index is 2.01. The highest BCUT2D eigenvalue weighted by atomic mass is 32.2. The summed E-state index contributed by atoms with van der Waals surface area (Å²) in [6.07, 6.45) is 4.66. The van der Waals surface area contributed by atoms with Crippen molar-refractivity contribution in [3.63, 3.8) is 0 Å². The maximum atomic E-state index is 13.4. The Kier molecular flexibility index (Phi) is 5.37. The predicted octanol–water partition coefficient (Wildman–Crippen LogP) is 2.49. The Bertz CT molecular complexity index is 1060. The molecule has 3 rings (SSSR count). The molecule has 2 aromatic rings. The Morgan fingerprint density at radius 2 is 1.96 bits per heavy atom. The zero-order valence-corrected chi connectivity index (χ0v) is 16.3. The zero-order valence-electron chi connectivity index (χ0n) is 15.5. The summed E-state index contributed by atoms with van der Waals surface area (Å²) in [4.78, 5) is 15.2. The highest BCUT2D eigenvalue weighted by Crippen LogP contribution is 2.26. The first-order chi connectivity index (χ1) is 13.1. The second-order valence-electron chi connectivity index (χ2n) is 6.69. The fourth-order valence-electron chi connectivity index (χ4n) is 2.88. The molecule has 7 nitrogen and oxygen atoms in total. The van der Waals surface area contributed by atoms with E-state index in [9.17, 15) is 22.0 Å². The van der Waals surface area contributed by atoms with Crippen molar-refractivity contribution in [3.8, 4) is 0 Å².